The molecule has 0 saturated carbocycles. The van der Waals surface area contributed by atoms with Crippen molar-refractivity contribution in [3.63, 3.8) is 0 Å². The van der Waals surface area contributed by atoms with Crippen molar-refractivity contribution in [2.45, 2.75) is 13.3 Å². The van der Waals surface area contributed by atoms with E-state index in [0.717, 1.165) is 5.69 Å². The Morgan fingerprint density at radius 2 is 2.38 bits per heavy atom. The molecule has 82 valence electrons. The molecule has 2 heterocycles. The maximum absolute atomic E-state index is 11.6. The van der Waals surface area contributed by atoms with Gasteiger partial charge in [-0.3, -0.25) is 14.6 Å². The van der Waals surface area contributed by atoms with E-state index in [0.29, 0.717) is 5.69 Å². The van der Waals surface area contributed by atoms with Crippen molar-refractivity contribution in [2.24, 2.45) is 5.10 Å². The first-order chi connectivity index (χ1) is 7.65. The van der Waals surface area contributed by atoms with Crippen LogP contribution in [0.25, 0.3) is 0 Å². The van der Waals surface area contributed by atoms with Gasteiger partial charge in [-0.1, -0.05) is 0 Å². The molecule has 0 aliphatic carbocycles. The lowest BCUT2D eigenvalue weighted by molar-refractivity contribution is -0.119. The lowest BCUT2D eigenvalue weighted by Gasteiger charge is -2.03. The zero-order valence-electron chi connectivity index (χ0n) is 8.65. The van der Waals surface area contributed by atoms with Crippen LogP contribution in [0.4, 0.5) is 5.69 Å². The van der Waals surface area contributed by atoms with Gasteiger partial charge in [-0.25, -0.2) is 5.43 Å². The molecule has 2 rings (SSSR count). The Labute approximate surface area is 91.8 Å². The average Bonchev–Trinajstić information content (AvgIpc) is 2.65. The molecule has 0 fully saturated rings. The van der Waals surface area contributed by atoms with E-state index in [9.17, 15) is 9.59 Å². The summed E-state index contributed by atoms with van der Waals surface area (Å²) in [5.74, 6) is -0.639. The zero-order valence-corrected chi connectivity index (χ0v) is 8.65. The smallest absolute Gasteiger partial charge is 0.272 e. The lowest BCUT2D eigenvalue weighted by Crippen LogP contribution is -2.22. The van der Waals surface area contributed by atoms with Crippen molar-refractivity contribution in [1.29, 1.82) is 0 Å². The normalized spacial score (nSPS) is 14.3. The third-order valence-electron chi connectivity index (χ3n) is 2.06. The lowest BCUT2D eigenvalue weighted by atomic mass is 10.2. The van der Waals surface area contributed by atoms with Crippen LogP contribution in [0.2, 0.25) is 0 Å². The van der Waals surface area contributed by atoms with Crippen LogP contribution in [0, 0.1) is 6.92 Å². The molecule has 2 N–H and O–H groups in total. The first-order valence-electron chi connectivity index (χ1n) is 4.74. The van der Waals surface area contributed by atoms with E-state index in [2.05, 4.69) is 20.8 Å². The number of aryl methyl sites for hydroxylation is 1. The average molecular weight is 218 g/mol. The van der Waals surface area contributed by atoms with Crippen molar-refractivity contribution in [3.8, 4) is 0 Å². The predicted octanol–water partition coefficient (Wildman–Crippen LogP) is 0.204. The van der Waals surface area contributed by atoms with Gasteiger partial charge in [0.15, 0.2) is 0 Å². The number of amides is 2. The zero-order chi connectivity index (χ0) is 11.5. The molecule has 1 aromatic heterocycles. The summed E-state index contributed by atoms with van der Waals surface area (Å²) in [7, 11) is 0. The van der Waals surface area contributed by atoms with Gasteiger partial charge < -0.3 is 5.32 Å². The number of nitrogens with one attached hydrogen (secondary N) is 2. The molecule has 0 radical (unpaired) electrons. The Kier molecular flexibility index (Phi) is 2.63. The summed E-state index contributed by atoms with van der Waals surface area (Å²) in [6, 6.07) is 3.42. The van der Waals surface area contributed by atoms with E-state index in [-0.39, 0.29) is 23.9 Å². The van der Waals surface area contributed by atoms with Gasteiger partial charge in [0.05, 0.1) is 6.42 Å². The number of hydrogen-bond acceptors (Lipinski definition) is 4. The van der Waals surface area contributed by atoms with E-state index in [1.54, 1.807) is 18.3 Å². The Bertz CT molecular complexity index is 481. The number of anilines is 1. The molecule has 16 heavy (non-hydrogen) atoms. The summed E-state index contributed by atoms with van der Waals surface area (Å²) < 4.78 is 0. The predicted molar refractivity (Wildman–Crippen MR) is 57.8 cm³/mol. The quantitative estimate of drug-likeness (QED) is 0.744. The van der Waals surface area contributed by atoms with E-state index in [1.807, 2.05) is 6.92 Å². The minimum absolute atomic E-state index is 0.0237. The third-order valence-corrected chi connectivity index (χ3v) is 2.06. The number of aromatic nitrogens is 1. The Morgan fingerprint density at radius 1 is 1.56 bits per heavy atom. The standard InChI is InChI=1S/C10H10N4O2/c1-6-4-7(2-3-11-6)12-10(16)8-5-9(15)14-13-8/h2-4H,5H2,1H3,(H,14,15)(H,11,12,16). The number of carbonyl (C=O) groups excluding carboxylic acids is 2. The van der Waals surface area contributed by atoms with Crippen molar-refractivity contribution in [3.05, 3.63) is 24.0 Å². The van der Waals surface area contributed by atoms with Gasteiger partial charge in [0.25, 0.3) is 5.91 Å². The Balaban J connectivity index is 2.05. The van der Waals surface area contributed by atoms with Gasteiger partial charge in [0.1, 0.15) is 5.71 Å². The van der Waals surface area contributed by atoms with E-state index < -0.39 is 0 Å². The summed E-state index contributed by atoms with van der Waals surface area (Å²) in [5, 5.41) is 6.27. The summed E-state index contributed by atoms with van der Waals surface area (Å²) in [6.45, 7) is 1.83. The number of rotatable bonds is 2. The van der Waals surface area contributed by atoms with Gasteiger partial charge in [-0.05, 0) is 19.1 Å². The topological polar surface area (TPSA) is 83.5 Å². The molecule has 1 aliphatic heterocycles. The fourth-order valence-electron chi connectivity index (χ4n) is 1.32. The van der Waals surface area contributed by atoms with Crippen LogP contribution in [-0.2, 0) is 9.59 Å². The second-order valence-electron chi connectivity index (χ2n) is 3.41. The fourth-order valence-corrected chi connectivity index (χ4v) is 1.32. The fraction of sp³-hybridized carbons (Fsp3) is 0.200. The molecule has 0 spiro atoms. The molecule has 6 heteroatoms. The first-order valence-corrected chi connectivity index (χ1v) is 4.74. The van der Waals surface area contributed by atoms with Crippen LogP contribution in [0.3, 0.4) is 0 Å². The van der Waals surface area contributed by atoms with Crippen LogP contribution in [-0.4, -0.2) is 22.5 Å². The van der Waals surface area contributed by atoms with Gasteiger partial charge in [0.2, 0.25) is 5.91 Å². The number of pyridine rings is 1. The van der Waals surface area contributed by atoms with E-state index in [4.69, 9.17) is 0 Å². The van der Waals surface area contributed by atoms with Crippen molar-refractivity contribution in [1.82, 2.24) is 10.4 Å². The molecule has 0 bridgehead atoms. The molecule has 1 aromatic rings. The molecule has 0 saturated heterocycles. The van der Waals surface area contributed by atoms with Crippen molar-refractivity contribution < 1.29 is 9.59 Å². The van der Waals surface area contributed by atoms with Crippen molar-refractivity contribution in [2.75, 3.05) is 5.32 Å². The molecule has 2 amide bonds. The third kappa shape index (κ3) is 2.22. The monoisotopic (exact) mass is 218 g/mol. The number of carbonyl (C=O) groups is 2. The number of hydrogen-bond donors (Lipinski definition) is 2. The molecule has 1 aliphatic rings. The SMILES string of the molecule is Cc1cc(NC(=O)C2=NNC(=O)C2)ccn1. The second-order valence-corrected chi connectivity index (χ2v) is 3.41. The minimum atomic E-state index is -0.371. The molecule has 0 atom stereocenters. The summed E-state index contributed by atoms with van der Waals surface area (Å²) in [5.41, 5.74) is 3.86. The molecule has 6 nitrogen and oxygen atoms in total. The summed E-state index contributed by atoms with van der Waals surface area (Å²) in [4.78, 5) is 26.5. The largest absolute Gasteiger partial charge is 0.321 e. The van der Waals surface area contributed by atoms with Crippen molar-refractivity contribution >= 4 is 23.2 Å². The Hall–Kier alpha value is -2.24. The van der Waals surface area contributed by atoms with Crippen LogP contribution >= 0.6 is 0 Å². The highest BCUT2D eigenvalue weighted by Crippen LogP contribution is 2.08. The number of hydrazone groups is 1. The van der Waals surface area contributed by atoms with Gasteiger partial charge in [-0.2, -0.15) is 5.10 Å². The summed E-state index contributed by atoms with van der Waals surface area (Å²) >= 11 is 0. The number of nitrogens with zero attached hydrogens (tertiary/aromatic N) is 2. The highest BCUT2D eigenvalue weighted by molar-refractivity contribution is 6.46. The minimum Gasteiger partial charge on any atom is -0.321 e. The van der Waals surface area contributed by atoms with Gasteiger partial charge in [-0.15, -0.1) is 0 Å². The highest BCUT2D eigenvalue weighted by atomic mass is 16.2. The van der Waals surface area contributed by atoms with Crippen LogP contribution in [0.5, 0.6) is 0 Å². The van der Waals surface area contributed by atoms with Crippen LogP contribution in [0.15, 0.2) is 23.4 Å². The molecule has 0 aromatic carbocycles. The maximum Gasteiger partial charge on any atom is 0.272 e. The Morgan fingerprint density at radius 3 is 3.00 bits per heavy atom. The second kappa shape index (κ2) is 4.09. The van der Waals surface area contributed by atoms with Gasteiger partial charge in [0, 0.05) is 17.6 Å². The van der Waals surface area contributed by atoms with E-state index in [1.165, 1.54) is 0 Å². The van der Waals surface area contributed by atoms with E-state index >= 15 is 0 Å². The van der Waals surface area contributed by atoms with Gasteiger partial charge >= 0.3 is 0 Å². The molecular formula is C10H10N4O2. The maximum atomic E-state index is 11.6. The van der Waals surface area contributed by atoms with Crippen LogP contribution < -0.4 is 10.7 Å². The summed E-state index contributed by atoms with van der Waals surface area (Å²) in [6.07, 6.45) is 1.63. The first kappa shape index (κ1) is 10.3. The van der Waals surface area contributed by atoms with Crippen LogP contribution in [0.1, 0.15) is 12.1 Å². The highest BCUT2D eigenvalue weighted by Gasteiger charge is 2.21. The molecule has 0 unspecified atom stereocenters. The molecular weight excluding hydrogens is 208 g/mol.